The molecule has 0 aromatic rings. The number of carboxylic acid groups (broad SMARTS) is 1. The minimum atomic E-state index is -1.38. The highest BCUT2D eigenvalue weighted by molar-refractivity contribution is 5.77. The highest BCUT2D eigenvalue weighted by Crippen LogP contribution is 2.90. The number of rotatable bonds is 3. The first-order valence-electron chi connectivity index (χ1n) is 14.5. The summed E-state index contributed by atoms with van der Waals surface area (Å²) >= 11 is 0. The van der Waals surface area contributed by atoms with Crippen molar-refractivity contribution in [1.82, 2.24) is 0 Å². The Bertz CT molecular complexity index is 1080. The zero-order valence-corrected chi connectivity index (χ0v) is 23.1. The molecule has 0 amide bonds. The zero-order chi connectivity index (χ0) is 27.9. The second kappa shape index (κ2) is 7.62. The van der Waals surface area contributed by atoms with Gasteiger partial charge in [-0.1, -0.05) is 39.8 Å². The number of allylic oxidation sites excluding steroid dienone is 2. The molecular weight excluding hydrogens is 488 g/mol. The predicted octanol–water partition coefficient (Wildman–Crippen LogP) is 1.70. The third-order valence-corrected chi connectivity index (χ3v) is 14.2. The summed E-state index contributed by atoms with van der Waals surface area (Å²) in [6.45, 7) is 7.63. The van der Waals surface area contributed by atoms with Crippen LogP contribution in [0.3, 0.4) is 0 Å². The molecule has 38 heavy (non-hydrogen) atoms. The summed E-state index contributed by atoms with van der Waals surface area (Å²) in [5.74, 6) is -1.61. The molecule has 5 fully saturated rings. The van der Waals surface area contributed by atoms with Crippen molar-refractivity contribution in [3.63, 3.8) is 0 Å². The van der Waals surface area contributed by atoms with Crippen LogP contribution in [0.2, 0.25) is 0 Å². The Morgan fingerprint density at radius 3 is 2.18 bits per heavy atom. The van der Waals surface area contributed by atoms with Crippen molar-refractivity contribution < 1.29 is 40.5 Å². The molecule has 0 radical (unpaired) electrons. The van der Waals surface area contributed by atoms with Gasteiger partial charge in [-0.3, -0.25) is 4.79 Å². The van der Waals surface area contributed by atoms with Crippen molar-refractivity contribution in [1.29, 1.82) is 0 Å². The minimum Gasteiger partial charge on any atom is -0.481 e. The first kappa shape index (κ1) is 27.2. The van der Waals surface area contributed by atoms with Crippen molar-refractivity contribution >= 4 is 5.97 Å². The molecule has 0 aromatic heterocycles. The summed E-state index contributed by atoms with van der Waals surface area (Å²) in [7, 11) is 0. The molecule has 14 atom stereocenters. The zero-order valence-electron chi connectivity index (χ0n) is 23.1. The summed E-state index contributed by atoms with van der Waals surface area (Å²) < 4.78 is 0. The van der Waals surface area contributed by atoms with Crippen LogP contribution in [-0.2, 0) is 4.79 Å². The predicted molar refractivity (Wildman–Crippen MR) is 137 cm³/mol. The van der Waals surface area contributed by atoms with Gasteiger partial charge >= 0.3 is 5.97 Å². The van der Waals surface area contributed by atoms with Gasteiger partial charge in [-0.15, -0.1) is 0 Å². The van der Waals surface area contributed by atoms with Crippen LogP contribution in [0.25, 0.3) is 0 Å². The van der Waals surface area contributed by atoms with Gasteiger partial charge in [0.1, 0.15) is 6.10 Å². The van der Waals surface area contributed by atoms with Gasteiger partial charge in [0.2, 0.25) is 0 Å². The van der Waals surface area contributed by atoms with E-state index >= 15 is 0 Å². The van der Waals surface area contributed by atoms with E-state index in [9.17, 15) is 40.5 Å². The molecule has 0 unspecified atom stereocenters. The lowest BCUT2D eigenvalue weighted by molar-refractivity contribution is -0.280. The molecule has 7 N–H and O–H groups in total. The third kappa shape index (κ3) is 2.63. The second-order valence-electron chi connectivity index (χ2n) is 15.3. The molecule has 6 aliphatic rings. The average molecular weight is 535 g/mol. The number of aliphatic carboxylic acids is 1. The number of hydrogen-bond acceptors (Lipinski definition) is 7. The van der Waals surface area contributed by atoms with Gasteiger partial charge in [-0.2, -0.15) is 0 Å². The average Bonchev–Trinajstić information content (AvgIpc) is 3.59. The normalized spacial score (nSPS) is 62.5. The molecule has 214 valence electrons. The second-order valence-corrected chi connectivity index (χ2v) is 15.3. The lowest BCUT2D eigenvalue weighted by Gasteiger charge is -2.69. The Kier molecular flexibility index (Phi) is 5.45. The van der Waals surface area contributed by atoms with E-state index in [-0.39, 0.29) is 48.2 Å². The maximum atomic E-state index is 12.9. The van der Waals surface area contributed by atoms with Gasteiger partial charge in [-0.25, -0.2) is 0 Å². The SMILES string of the molecule is C[C@]1(CO)C[C@H](O)[C@]2(C(=O)O)CC[C@]34C[C@]3(C=C[C@H]3[C@@]5(C)[C@@H](O)[C@@H](O)[C@H](O)[C@@](C)(CO)[C@@H]5CC[C@]34C)[C@H]2C1. The Balaban J connectivity index is 1.49. The van der Waals surface area contributed by atoms with E-state index in [0.29, 0.717) is 25.7 Å². The summed E-state index contributed by atoms with van der Waals surface area (Å²) in [6.07, 6.45) is 3.68. The Morgan fingerprint density at radius 1 is 0.895 bits per heavy atom. The first-order chi connectivity index (χ1) is 17.6. The van der Waals surface area contributed by atoms with Gasteiger partial charge < -0.3 is 35.7 Å². The van der Waals surface area contributed by atoms with Crippen molar-refractivity contribution in [3.8, 4) is 0 Å². The van der Waals surface area contributed by atoms with Gasteiger partial charge in [0.25, 0.3) is 0 Å². The topological polar surface area (TPSA) is 159 Å². The van der Waals surface area contributed by atoms with Crippen LogP contribution in [0.4, 0.5) is 0 Å². The summed E-state index contributed by atoms with van der Waals surface area (Å²) in [4.78, 5) is 12.9. The minimum absolute atomic E-state index is 0.102. The molecule has 0 spiro atoms. The fourth-order valence-electron chi connectivity index (χ4n) is 12.0. The van der Waals surface area contributed by atoms with E-state index in [1.54, 1.807) is 0 Å². The van der Waals surface area contributed by atoms with Crippen LogP contribution < -0.4 is 0 Å². The molecule has 5 saturated carbocycles. The molecule has 6 aliphatic carbocycles. The van der Waals surface area contributed by atoms with Crippen LogP contribution in [0.1, 0.15) is 72.6 Å². The monoisotopic (exact) mass is 534 g/mol. The number of aliphatic hydroxyl groups excluding tert-OH is 6. The maximum absolute atomic E-state index is 12.9. The van der Waals surface area contributed by atoms with Gasteiger partial charge in [0.15, 0.2) is 0 Å². The molecule has 6 rings (SSSR count). The van der Waals surface area contributed by atoms with E-state index < -0.39 is 57.5 Å². The first-order valence-corrected chi connectivity index (χ1v) is 14.5. The van der Waals surface area contributed by atoms with Crippen molar-refractivity contribution in [3.05, 3.63) is 12.2 Å². The molecule has 0 aliphatic heterocycles. The summed E-state index contributed by atoms with van der Waals surface area (Å²) in [5, 5.41) is 76.1. The number of hydrogen-bond donors (Lipinski definition) is 7. The molecule has 8 heteroatoms. The number of carbonyl (C=O) groups is 1. The van der Waals surface area contributed by atoms with Crippen LogP contribution in [0, 0.1) is 55.7 Å². The summed E-state index contributed by atoms with van der Waals surface area (Å²) in [5.41, 5.74) is -4.47. The Morgan fingerprint density at radius 2 is 1.58 bits per heavy atom. The fraction of sp³-hybridized carbons (Fsp3) is 0.900. The Hall–Kier alpha value is -1.03. The van der Waals surface area contributed by atoms with Gasteiger partial charge in [-0.05, 0) is 84.4 Å². The standard InChI is InChI=1S/C30H46O8/c1-24(14-31)11-18-28-8-6-17-26(3,29(28,13-28)9-10-30(18,23(37)38)19(33)12-24)7-5-16-25(2,15-32)21(35)20(34)22(36)27(16,17)4/h6,8,16-22,31-36H,5,7,9-15H2,1-4H3,(H,37,38)/t16-,17+,18+,19-,20-,21-,22-,24+,25-,26+,27-,28+,29+,30-/m0/s1. The van der Waals surface area contributed by atoms with Crippen molar-refractivity contribution in [2.24, 2.45) is 55.7 Å². The smallest absolute Gasteiger partial charge is 0.312 e. The van der Waals surface area contributed by atoms with Gasteiger partial charge in [0, 0.05) is 17.4 Å². The van der Waals surface area contributed by atoms with Gasteiger partial charge in [0.05, 0.1) is 30.3 Å². The largest absolute Gasteiger partial charge is 0.481 e. The van der Waals surface area contributed by atoms with E-state index in [0.717, 1.165) is 12.8 Å². The molecule has 0 saturated heterocycles. The maximum Gasteiger partial charge on any atom is 0.312 e. The third-order valence-electron chi connectivity index (χ3n) is 14.2. The highest BCUT2D eigenvalue weighted by Gasteiger charge is 2.86. The lowest BCUT2D eigenvalue weighted by Crippen LogP contribution is -2.72. The molecule has 8 nitrogen and oxygen atoms in total. The summed E-state index contributed by atoms with van der Waals surface area (Å²) in [6, 6.07) is 0. The molecule has 0 heterocycles. The van der Waals surface area contributed by atoms with E-state index in [4.69, 9.17) is 0 Å². The lowest BCUT2D eigenvalue weighted by atomic mass is 9.35. The van der Waals surface area contributed by atoms with Crippen LogP contribution in [0.15, 0.2) is 12.2 Å². The van der Waals surface area contributed by atoms with Crippen LogP contribution in [-0.4, -0.2) is 79.3 Å². The molecular formula is C30H46O8. The van der Waals surface area contributed by atoms with E-state index in [1.807, 2.05) is 20.8 Å². The fourth-order valence-corrected chi connectivity index (χ4v) is 12.0. The number of fused-ring (bicyclic) bond motifs is 4. The number of carboxylic acids is 1. The Labute approximate surface area is 224 Å². The van der Waals surface area contributed by atoms with E-state index in [2.05, 4.69) is 19.1 Å². The number of aliphatic hydroxyl groups is 6. The van der Waals surface area contributed by atoms with Crippen LogP contribution in [0.5, 0.6) is 0 Å². The van der Waals surface area contributed by atoms with Crippen molar-refractivity contribution in [2.75, 3.05) is 13.2 Å². The highest BCUT2D eigenvalue weighted by atomic mass is 16.4. The quantitative estimate of drug-likeness (QED) is 0.270. The molecule has 0 bridgehead atoms. The van der Waals surface area contributed by atoms with E-state index in [1.165, 1.54) is 0 Å². The molecule has 0 aromatic carbocycles. The van der Waals surface area contributed by atoms with Crippen LogP contribution >= 0.6 is 0 Å². The van der Waals surface area contributed by atoms with Crippen molar-refractivity contribution in [2.45, 2.75) is 97.1 Å².